The molecule has 0 bridgehead atoms. The number of imide groups is 1. The van der Waals surface area contributed by atoms with Crippen LogP contribution in [0.15, 0.2) is 18.3 Å². The number of ether oxygens (including phenoxy) is 1. The second-order valence-electron chi connectivity index (χ2n) is 8.76. The number of rotatable bonds is 5. The van der Waals surface area contributed by atoms with Gasteiger partial charge in [-0.3, -0.25) is 29.6 Å². The predicted molar refractivity (Wildman–Crippen MR) is 108 cm³/mol. The van der Waals surface area contributed by atoms with Gasteiger partial charge in [0.15, 0.2) is 0 Å². The van der Waals surface area contributed by atoms with Gasteiger partial charge in [-0.25, -0.2) is 0 Å². The second kappa shape index (κ2) is 8.90. The van der Waals surface area contributed by atoms with E-state index >= 15 is 0 Å². The van der Waals surface area contributed by atoms with Crippen molar-refractivity contribution in [3.8, 4) is 0 Å². The maximum atomic E-state index is 12.0. The van der Waals surface area contributed by atoms with Crippen molar-refractivity contribution in [3.05, 3.63) is 24.0 Å². The lowest BCUT2D eigenvalue weighted by Crippen LogP contribution is -2.47. The number of carbonyl (C=O) groups excluding carboxylic acids is 3. The Morgan fingerprint density at radius 1 is 1.24 bits per heavy atom. The van der Waals surface area contributed by atoms with Crippen molar-refractivity contribution in [3.63, 3.8) is 0 Å². The normalized spacial score (nSPS) is 21.6. The molecular weight excluding hydrogens is 372 g/mol. The van der Waals surface area contributed by atoms with E-state index in [4.69, 9.17) is 4.74 Å². The predicted octanol–water partition coefficient (Wildman–Crippen LogP) is 1.82. The highest BCUT2D eigenvalue weighted by Gasteiger charge is 2.27. The molecule has 2 aliphatic rings. The molecule has 1 unspecified atom stereocenters. The van der Waals surface area contributed by atoms with Crippen LogP contribution in [0.2, 0.25) is 0 Å². The van der Waals surface area contributed by atoms with E-state index in [0.717, 1.165) is 37.3 Å². The number of piperidine rings is 2. The summed E-state index contributed by atoms with van der Waals surface area (Å²) in [7, 11) is 0. The summed E-state index contributed by atoms with van der Waals surface area (Å²) in [5.41, 5.74) is 1.34. The van der Waals surface area contributed by atoms with Gasteiger partial charge in [0.25, 0.3) is 0 Å². The minimum Gasteiger partial charge on any atom is -0.459 e. The molecule has 1 atom stereocenters. The molecule has 0 spiro atoms. The van der Waals surface area contributed by atoms with E-state index < -0.39 is 11.6 Å². The molecule has 0 radical (unpaired) electrons. The van der Waals surface area contributed by atoms with Crippen LogP contribution in [0, 0.1) is 0 Å². The average Bonchev–Trinajstić information content (AvgIpc) is 2.64. The van der Waals surface area contributed by atoms with Gasteiger partial charge in [-0.15, -0.1) is 0 Å². The van der Waals surface area contributed by atoms with Crippen molar-refractivity contribution in [1.82, 2.24) is 15.2 Å². The van der Waals surface area contributed by atoms with Crippen molar-refractivity contribution in [1.29, 1.82) is 0 Å². The monoisotopic (exact) mass is 402 g/mol. The lowest BCUT2D eigenvalue weighted by atomic mass is 9.93. The van der Waals surface area contributed by atoms with Crippen molar-refractivity contribution < 1.29 is 19.1 Å². The molecule has 1 aromatic heterocycles. The van der Waals surface area contributed by atoms with Crippen molar-refractivity contribution in [2.75, 3.05) is 25.0 Å². The van der Waals surface area contributed by atoms with E-state index in [1.165, 1.54) is 0 Å². The number of hydrogen-bond donors (Lipinski definition) is 2. The molecule has 3 rings (SSSR count). The Morgan fingerprint density at radius 2 is 1.97 bits per heavy atom. The summed E-state index contributed by atoms with van der Waals surface area (Å²) in [5, 5.41) is 5.49. The fourth-order valence-electron chi connectivity index (χ4n) is 3.71. The first kappa shape index (κ1) is 21.2. The Kier molecular flexibility index (Phi) is 6.52. The number of esters is 1. The summed E-state index contributed by atoms with van der Waals surface area (Å²) in [4.78, 5) is 41.8. The third-order valence-corrected chi connectivity index (χ3v) is 5.15. The van der Waals surface area contributed by atoms with E-state index in [1.807, 2.05) is 32.9 Å². The van der Waals surface area contributed by atoms with Crippen molar-refractivity contribution in [2.45, 2.75) is 64.0 Å². The fourth-order valence-corrected chi connectivity index (χ4v) is 3.71. The molecule has 1 aromatic rings. The van der Waals surface area contributed by atoms with Crippen LogP contribution in [0.5, 0.6) is 0 Å². The SMILES string of the molecule is CC(C)(C)OC(=O)CN1CCC(c2ccc(NC3CCC(=O)NC3=O)cn2)CC1. The molecule has 2 N–H and O–H groups in total. The van der Waals surface area contributed by atoms with Gasteiger partial charge in [0, 0.05) is 18.0 Å². The van der Waals surface area contributed by atoms with Crippen LogP contribution in [-0.4, -0.2) is 58.9 Å². The van der Waals surface area contributed by atoms with Gasteiger partial charge in [-0.05, 0) is 65.3 Å². The van der Waals surface area contributed by atoms with Gasteiger partial charge in [0.05, 0.1) is 18.4 Å². The van der Waals surface area contributed by atoms with E-state index in [-0.39, 0.29) is 17.8 Å². The first-order valence-corrected chi connectivity index (χ1v) is 10.2. The number of carbonyl (C=O) groups is 3. The summed E-state index contributed by atoms with van der Waals surface area (Å²) in [6.07, 6.45) is 4.46. The van der Waals surface area contributed by atoms with Gasteiger partial charge in [-0.1, -0.05) is 0 Å². The number of aromatic nitrogens is 1. The summed E-state index contributed by atoms with van der Waals surface area (Å²) < 4.78 is 5.39. The van der Waals surface area contributed by atoms with Crippen LogP contribution in [0.1, 0.15) is 58.1 Å². The Bertz CT molecular complexity index is 749. The summed E-state index contributed by atoms with van der Waals surface area (Å²) in [6, 6.07) is 3.51. The minimum absolute atomic E-state index is 0.182. The molecule has 29 heavy (non-hydrogen) atoms. The topological polar surface area (TPSA) is 101 Å². The molecule has 2 fully saturated rings. The summed E-state index contributed by atoms with van der Waals surface area (Å²) in [5.74, 6) is -0.338. The van der Waals surface area contributed by atoms with Crippen LogP contribution in [0.4, 0.5) is 5.69 Å². The highest BCUT2D eigenvalue weighted by atomic mass is 16.6. The van der Waals surface area contributed by atoms with Crippen LogP contribution in [0.3, 0.4) is 0 Å². The zero-order valence-electron chi connectivity index (χ0n) is 17.4. The molecule has 2 saturated heterocycles. The first-order valence-electron chi connectivity index (χ1n) is 10.2. The van der Waals surface area contributed by atoms with Gasteiger partial charge >= 0.3 is 5.97 Å². The van der Waals surface area contributed by atoms with Crippen molar-refractivity contribution >= 4 is 23.5 Å². The Labute approximate surface area is 171 Å². The molecular formula is C21H30N4O4. The van der Waals surface area contributed by atoms with Crippen LogP contribution < -0.4 is 10.6 Å². The molecule has 8 heteroatoms. The van der Waals surface area contributed by atoms with E-state index in [0.29, 0.717) is 25.3 Å². The zero-order chi connectivity index (χ0) is 21.0. The van der Waals surface area contributed by atoms with E-state index in [9.17, 15) is 14.4 Å². The van der Waals surface area contributed by atoms with Crippen molar-refractivity contribution in [2.24, 2.45) is 0 Å². The number of anilines is 1. The first-order chi connectivity index (χ1) is 13.7. The molecule has 0 saturated carbocycles. The lowest BCUT2D eigenvalue weighted by molar-refractivity contribution is -0.156. The molecule has 3 heterocycles. The number of pyridine rings is 1. The number of amides is 2. The lowest BCUT2D eigenvalue weighted by Gasteiger charge is -2.32. The molecule has 158 valence electrons. The maximum Gasteiger partial charge on any atom is 0.320 e. The fraction of sp³-hybridized carbons (Fsp3) is 0.619. The number of likely N-dealkylation sites (tertiary alicyclic amines) is 1. The summed E-state index contributed by atoms with van der Waals surface area (Å²) in [6.45, 7) is 7.63. The number of nitrogens with zero attached hydrogens (tertiary/aromatic N) is 2. The highest BCUT2D eigenvalue weighted by Crippen LogP contribution is 2.27. The minimum atomic E-state index is -0.455. The van der Waals surface area contributed by atoms with Gasteiger partial charge in [0.2, 0.25) is 11.8 Å². The molecule has 2 amide bonds. The average molecular weight is 402 g/mol. The molecule has 0 aliphatic carbocycles. The third-order valence-electron chi connectivity index (χ3n) is 5.15. The molecule has 8 nitrogen and oxygen atoms in total. The Morgan fingerprint density at radius 3 is 2.55 bits per heavy atom. The Hall–Kier alpha value is -2.48. The zero-order valence-corrected chi connectivity index (χ0v) is 17.4. The van der Waals surface area contributed by atoms with E-state index in [2.05, 4.69) is 20.5 Å². The maximum absolute atomic E-state index is 12.0. The van der Waals surface area contributed by atoms with Gasteiger partial charge < -0.3 is 10.1 Å². The quantitative estimate of drug-likeness (QED) is 0.572. The largest absolute Gasteiger partial charge is 0.459 e. The standard InChI is InChI=1S/C21H30N4O4/c1-21(2,3)29-19(27)13-25-10-8-14(9-11-25)16-5-4-15(12-22-16)23-17-6-7-18(26)24-20(17)28/h4-5,12,14,17,23H,6-11,13H2,1-3H3,(H,24,26,28). The molecule has 0 aromatic carbocycles. The van der Waals surface area contributed by atoms with Gasteiger partial charge in [-0.2, -0.15) is 0 Å². The molecule has 2 aliphatic heterocycles. The highest BCUT2D eigenvalue weighted by molar-refractivity contribution is 6.01. The van der Waals surface area contributed by atoms with Gasteiger partial charge in [0.1, 0.15) is 11.6 Å². The second-order valence-corrected chi connectivity index (χ2v) is 8.76. The van der Waals surface area contributed by atoms with Crippen LogP contribution in [0.25, 0.3) is 0 Å². The van der Waals surface area contributed by atoms with E-state index in [1.54, 1.807) is 6.20 Å². The van der Waals surface area contributed by atoms with Crippen LogP contribution >= 0.6 is 0 Å². The number of nitrogens with one attached hydrogen (secondary N) is 2. The summed E-state index contributed by atoms with van der Waals surface area (Å²) >= 11 is 0. The smallest absolute Gasteiger partial charge is 0.320 e. The third kappa shape index (κ3) is 6.25. The number of hydrogen-bond acceptors (Lipinski definition) is 7. The Balaban J connectivity index is 1.47. The van der Waals surface area contributed by atoms with Crippen LogP contribution in [-0.2, 0) is 19.1 Å².